The summed E-state index contributed by atoms with van der Waals surface area (Å²) in [5.41, 5.74) is 8.63. The molecule has 0 saturated carbocycles. The first-order chi connectivity index (χ1) is 9.80. The first-order valence-corrected chi connectivity index (χ1v) is 7.82. The minimum atomic E-state index is -0.622. The van der Waals surface area contributed by atoms with E-state index >= 15 is 0 Å². The monoisotopic (exact) mass is 394 g/mol. The maximum atomic E-state index is 12.6. The Morgan fingerprint density at radius 1 is 1.14 bits per heavy atom. The Balaban J connectivity index is 2.24. The molecule has 2 rings (SSSR count). The standard InChI is InChI=1S/C17H19IN2O/c1-11-10-13(18)6-9-15(11)20-16(21)17(2,3)12-4-7-14(19)8-5-12/h4-10H,19H2,1-3H3,(H,20,21). The van der Waals surface area contributed by atoms with Crippen molar-refractivity contribution in [2.75, 3.05) is 11.1 Å². The molecule has 0 saturated heterocycles. The van der Waals surface area contributed by atoms with Gasteiger partial charge >= 0.3 is 0 Å². The fraction of sp³-hybridized carbons (Fsp3) is 0.235. The Hall–Kier alpha value is -1.56. The normalized spacial score (nSPS) is 11.2. The van der Waals surface area contributed by atoms with Gasteiger partial charge in [-0.2, -0.15) is 0 Å². The Morgan fingerprint density at radius 2 is 1.76 bits per heavy atom. The Morgan fingerprint density at radius 3 is 2.33 bits per heavy atom. The van der Waals surface area contributed by atoms with Gasteiger partial charge in [0.2, 0.25) is 5.91 Å². The van der Waals surface area contributed by atoms with Gasteiger partial charge in [0.15, 0.2) is 0 Å². The quantitative estimate of drug-likeness (QED) is 0.609. The molecule has 0 aromatic heterocycles. The molecule has 0 radical (unpaired) electrons. The fourth-order valence-electron chi connectivity index (χ4n) is 2.08. The number of hydrogen-bond acceptors (Lipinski definition) is 2. The summed E-state index contributed by atoms with van der Waals surface area (Å²) in [5, 5.41) is 3.02. The molecule has 0 unspecified atom stereocenters. The number of nitrogens with two attached hydrogens (primary N) is 1. The van der Waals surface area contributed by atoms with Crippen LogP contribution in [-0.4, -0.2) is 5.91 Å². The SMILES string of the molecule is Cc1cc(I)ccc1NC(=O)C(C)(C)c1ccc(N)cc1. The van der Waals surface area contributed by atoms with Crippen LogP contribution in [0.3, 0.4) is 0 Å². The summed E-state index contributed by atoms with van der Waals surface area (Å²) in [6.07, 6.45) is 0. The number of carbonyl (C=O) groups excluding carboxylic acids is 1. The summed E-state index contributed by atoms with van der Waals surface area (Å²) >= 11 is 2.26. The molecule has 0 aliphatic carbocycles. The summed E-state index contributed by atoms with van der Waals surface area (Å²) in [7, 11) is 0. The van der Waals surface area contributed by atoms with Crippen molar-refractivity contribution >= 4 is 39.9 Å². The van der Waals surface area contributed by atoms with Crippen LogP contribution in [0.15, 0.2) is 42.5 Å². The fourth-order valence-corrected chi connectivity index (χ4v) is 2.72. The largest absolute Gasteiger partial charge is 0.399 e. The zero-order valence-electron chi connectivity index (χ0n) is 12.4. The molecule has 3 N–H and O–H groups in total. The van der Waals surface area contributed by atoms with E-state index in [0.717, 1.165) is 20.4 Å². The molecule has 3 nitrogen and oxygen atoms in total. The lowest BCUT2D eigenvalue weighted by Crippen LogP contribution is -2.34. The molecule has 4 heteroatoms. The van der Waals surface area contributed by atoms with Crippen LogP contribution in [0.1, 0.15) is 25.0 Å². The van der Waals surface area contributed by atoms with Crippen LogP contribution in [0.2, 0.25) is 0 Å². The molecule has 0 heterocycles. The summed E-state index contributed by atoms with van der Waals surface area (Å²) < 4.78 is 1.15. The number of halogens is 1. The average molecular weight is 394 g/mol. The highest BCUT2D eigenvalue weighted by Gasteiger charge is 2.30. The zero-order valence-corrected chi connectivity index (χ0v) is 14.6. The molecule has 0 aliphatic rings. The van der Waals surface area contributed by atoms with E-state index in [1.165, 1.54) is 0 Å². The second-order valence-electron chi connectivity index (χ2n) is 5.66. The minimum absolute atomic E-state index is 0.0309. The van der Waals surface area contributed by atoms with Crippen molar-refractivity contribution in [1.29, 1.82) is 0 Å². The molecule has 0 atom stereocenters. The van der Waals surface area contributed by atoms with Crippen LogP contribution in [0, 0.1) is 10.5 Å². The first kappa shape index (κ1) is 15.8. The highest BCUT2D eigenvalue weighted by molar-refractivity contribution is 14.1. The van der Waals surface area contributed by atoms with Gasteiger partial charge in [-0.1, -0.05) is 12.1 Å². The average Bonchev–Trinajstić information content (AvgIpc) is 2.42. The maximum Gasteiger partial charge on any atom is 0.234 e. The van der Waals surface area contributed by atoms with E-state index in [1.54, 1.807) is 0 Å². The van der Waals surface area contributed by atoms with Crippen LogP contribution in [-0.2, 0) is 10.2 Å². The Kier molecular flexibility index (Phi) is 4.56. The first-order valence-electron chi connectivity index (χ1n) is 6.74. The van der Waals surface area contributed by atoms with Crippen LogP contribution in [0.4, 0.5) is 11.4 Å². The van der Waals surface area contributed by atoms with E-state index in [2.05, 4.69) is 27.9 Å². The lowest BCUT2D eigenvalue weighted by Gasteiger charge is -2.25. The summed E-state index contributed by atoms with van der Waals surface area (Å²) in [6.45, 7) is 5.82. The molecule has 0 fully saturated rings. The maximum absolute atomic E-state index is 12.6. The van der Waals surface area contributed by atoms with Gasteiger partial charge in [-0.3, -0.25) is 4.79 Å². The number of aryl methyl sites for hydroxylation is 1. The van der Waals surface area contributed by atoms with E-state index in [9.17, 15) is 4.79 Å². The molecular weight excluding hydrogens is 375 g/mol. The molecule has 110 valence electrons. The minimum Gasteiger partial charge on any atom is -0.399 e. The number of nitrogens with one attached hydrogen (secondary N) is 1. The van der Waals surface area contributed by atoms with E-state index in [4.69, 9.17) is 5.73 Å². The highest BCUT2D eigenvalue weighted by atomic mass is 127. The lowest BCUT2D eigenvalue weighted by atomic mass is 9.83. The van der Waals surface area contributed by atoms with E-state index in [0.29, 0.717) is 5.69 Å². The number of amides is 1. The molecule has 0 bridgehead atoms. The molecule has 21 heavy (non-hydrogen) atoms. The van der Waals surface area contributed by atoms with Crippen molar-refractivity contribution in [2.45, 2.75) is 26.2 Å². The summed E-state index contributed by atoms with van der Waals surface area (Å²) in [5.74, 6) is -0.0309. The molecule has 2 aromatic rings. The summed E-state index contributed by atoms with van der Waals surface area (Å²) in [4.78, 5) is 12.6. The third kappa shape index (κ3) is 3.56. The van der Waals surface area contributed by atoms with Crippen LogP contribution < -0.4 is 11.1 Å². The van der Waals surface area contributed by atoms with Gasteiger partial charge < -0.3 is 11.1 Å². The van der Waals surface area contributed by atoms with Crippen molar-refractivity contribution < 1.29 is 4.79 Å². The summed E-state index contributed by atoms with van der Waals surface area (Å²) in [6, 6.07) is 13.4. The van der Waals surface area contributed by atoms with Gasteiger partial charge in [-0.15, -0.1) is 0 Å². The van der Waals surface area contributed by atoms with Crippen LogP contribution in [0.25, 0.3) is 0 Å². The van der Waals surface area contributed by atoms with Gasteiger partial charge in [-0.05, 0) is 84.8 Å². The molecule has 1 amide bonds. The van der Waals surface area contributed by atoms with Crippen molar-refractivity contribution in [1.82, 2.24) is 0 Å². The van der Waals surface area contributed by atoms with Gasteiger partial charge in [0.25, 0.3) is 0 Å². The number of hydrogen-bond donors (Lipinski definition) is 2. The Bertz CT molecular complexity index is 663. The van der Waals surface area contributed by atoms with Crippen LogP contribution in [0.5, 0.6) is 0 Å². The molecule has 0 aliphatic heterocycles. The number of rotatable bonds is 3. The van der Waals surface area contributed by atoms with Crippen molar-refractivity contribution in [3.63, 3.8) is 0 Å². The second kappa shape index (κ2) is 6.05. The number of carbonyl (C=O) groups is 1. The third-order valence-corrected chi connectivity index (χ3v) is 4.31. The van der Waals surface area contributed by atoms with Gasteiger partial charge in [0.05, 0.1) is 5.41 Å². The number of benzene rings is 2. The predicted octanol–water partition coefficient (Wildman–Crippen LogP) is 4.10. The number of anilines is 2. The number of nitrogen functional groups attached to an aromatic ring is 1. The smallest absolute Gasteiger partial charge is 0.234 e. The second-order valence-corrected chi connectivity index (χ2v) is 6.91. The molecule has 0 spiro atoms. The van der Waals surface area contributed by atoms with E-state index in [1.807, 2.05) is 63.2 Å². The zero-order chi connectivity index (χ0) is 15.6. The van der Waals surface area contributed by atoms with Crippen molar-refractivity contribution in [2.24, 2.45) is 0 Å². The molecule has 2 aromatic carbocycles. The highest BCUT2D eigenvalue weighted by Crippen LogP contribution is 2.27. The topological polar surface area (TPSA) is 55.1 Å². The van der Waals surface area contributed by atoms with E-state index < -0.39 is 5.41 Å². The lowest BCUT2D eigenvalue weighted by molar-refractivity contribution is -0.120. The molecular formula is C17H19IN2O. The van der Waals surface area contributed by atoms with Gasteiger partial charge in [0, 0.05) is 14.9 Å². The van der Waals surface area contributed by atoms with Crippen molar-refractivity contribution in [3.8, 4) is 0 Å². The van der Waals surface area contributed by atoms with E-state index in [-0.39, 0.29) is 5.91 Å². The van der Waals surface area contributed by atoms with Crippen LogP contribution >= 0.6 is 22.6 Å². The van der Waals surface area contributed by atoms with Gasteiger partial charge in [-0.25, -0.2) is 0 Å². The predicted molar refractivity (Wildman–Crippen MR) is 96.4 cm³/mol. The van der Waals surface area contributed by atoms with Crippen molar-refractivity contribution in [3.05, 3.63) is 57.2 Å². The third-order valence-electron chi connectivity index (χ3n) is 3.64. The Labute approximate surface area is 139 Å². The van der Waals surface area contributed by atoms with Gasteiger partial charge in [0.1, 0.15) is 0 Å².